The van der Waals surface area contributed by atoms with Crippen LogP contribution in [0.3, 0.4) is 0 Å². The number of aliphatic hydroxyl groups excluding tert-OH is 1. The Morgan fingerprint density at radius 2 is 2.00 bits per heavy atom. The third kappa shape index (κ3) is 2.34. The molecule has 1 N–H and O–H groups in total. The van der Waals surface area contributed by atoms with Crippen molar-refractivity contribution in [2.45, 2.75) is 39.3 Å². The molecule has 0 aliphatic heterocycles. The minimum atomic E-state index is -0.383. The van der Waals surface area contributed by atoms with Gasteiger partial charge in [0.1, 0.15) is 5.82 Å². The largest absolute Gasteiger partial charge is 0.393 e. The Bertz CT molecular complexity index is 528. The van der Waals surface area contributed by atoms with Crippen molar-refractivity contribution in [3.63, 3.8) is 0 Å². The average molecular weight is 235 g/mol. The van der Waals surface area contributed by atoms with E-state index in [9.17, 15) is 9.50 Å². The fourth-order valence-corrected chi connectivity index (χ4v) is 2.21. The van der Waals surface area contributed by atoms with Crippen molar-refractivity contribution in [2.24, 2.45) is 0 Å². The number of nitrogens with zero attached hydrogens (tertiary/aromatic N) is 1. The first kappa shape index (κ1) is 12.1. The zero-order valence-electron chi connectivity index (χ0n) is 10.4. The number of aliphatic hydroxyl groups is 1. The molecule has 2 nitrogen and oxygen atoms in total. The lowest BCUT2D eigenvalue weighted by atomic mass is 10.1. The Kier molecular flexibility index (Phi) is 3.20. The topological polar surface area (TPSA) is 25.2 Å². The minimum Gasteiger partial charge on any atom is -0.393 e. The summed E-state index contributed by atoms with van der Waals surface area (Å²) in [5.74, 6) is -0.221. The van der Waals surface area contributed by atoms with Crippen LogP contribution in [0.25, 0.3) is 10.9 Å². The predicted octanol–water partition coefficient (Wildman–Crippen LogP) is 3.28. The van der Waals surface area contributed by atoms with Crippen LogP contribution in [0.5, 0.6) is 0 Å². The van der Waals surface area contributed by atoms with Crippen molar-refractivity contribution in [3.05, 3.63) is 35.8 Å². The van der Waals surface area contributed by atoms with E-state index in [4.69, 9.17) is 0 Å². The van der Waals surface area contributed by atoms with Gasteiger partial charge >= 0.3 is 0 Å². The number of hydrogen-bond acceptors (Lipinski definition) is 1. The van der Waals surface area contributed by atoms with Gasteiger partial charge in [-0.3, -0.25) is 0 Å². The van der Waals surface area contributed by atoms with Gasteiger partial charge in [0.05, 0.1) is 11.6 Å². The van der Waals surface area contributed by atoms with Gasteiger partial charge in [-0.05, 0) is 44.5 Å². The van der Waals surface area contributed by atoms with Crippen molar-refractivity contribution < 1.29 is 9.50 Å². The van der Waals surface area contributed by atoms with E-state index in [1.165, 1.54) is 6.07 Å². The maximum atomic E-state index is 13.3. The average Bonchev–Trinajstić information content (AvgIpc) is 2.55. The van der Waals surface area contributed by atoms with Gasteiger partial charge in [0, 0.05) is 24.0 Å². The standard InChI is InChI=1S/C14H18FNO/c1-9(2)16-8-11(6-10(3)17)13-5-4-12(15)7-14(13)16/h4-5,7-10,17H,6H2,1-3H3. The third-order valence-corrected chi connectivity index (χ3v) is 2.95. The first-order chi connectivity index (χ1) is 7.99. The summed E-state index contributed by atoms with van der Waals surface area (Å²) in [5, 5.41) is 10.5. The molecule has 2 rings (SSSR count). The van der Waals surface area contributed by atoms with E-state index in [1.54, 1.807) is 19.1 Å². The molecule has 1 atom stereocenters. The molecular weight excluding hydrogens is 217 g/mol. The molecular formula is C14H18FNO. The van der Waals surface area contributed by atoms with Gasteiger partial charge in [0.2, 0.25) is 0 Å². The normalized spacial score (nSPS) is 13.5. The minimum absolute atomic E-state index is 0.221. The van der Waals surface area contributed by atoms with Gasteiger partial charge in [0.15, 0.2) is 0 Å². The van der Waals surface area contributed by atoms with E-state index >= 15 is 0 Å². The summed E-state index contributed by atoms with van der Waals surface area (Å²) in [7, 11) is 0. The molecule has 1 unspecified atom stereocenters. The van der Waals surface area contributed by atoms with Crippen LogP contribution < -0.4 is 0 Å². The molecule has 0 saturated carbocycles. The lowest BCUT2D eigenvalue weighted by Gasteiger charge is -2.08. The fraction of sp³-hybridized carbons (Fsp3) is 0.429. The zero-order chi connectivity index (χ0) is 12.6. The highest BCUT2D eigenvalue weighted by molar-refractivity contribution is 5.84. The first-order valence-electron chi connectivity index (χ1n) is 5.96. The molecule has 0 aliphatic carbocycles. The number of halogens is 1. The van der Waals surface area contributed by atoms with Gasteiger partial charge in [0.25, 0.3) is 0 Å². The second-order valence-electron chi connectivity index (χ2n) is 4.87. The maximum absolute atomic E-state index is 13.3. The summed E-state index contributed by atoms with van der Waals surface area (Å²) < 4.78 is 15.3. The van der Waals surface area contributed by atoms with E-state index in [0.29, 0.717) is 6.42 Å². The molecule has 1 heterocycles. The smallest absolute Gasteiger partial charge is 0.125 e. The molecule has 0 radical (unpaired) electrons. The van der Waals surface area contributed by atoms with Crippen molar-refractivity contribution in [1.82, 2.24) is 4.57 Å². The summed E-state index contributed by atoms with van der Waals surface area (Å²) in [5.41, 5.74) is 1.97. The van der Waals surface area contributed by atoms with Gasteiger partial charge in [-0.25, -0.2) is 4.39 Å². The summed E-state index contributed by atoms with van der Waals surface area (Å²) in [6.07, 6.45) is 2.23. The molecule has 2 aromatic rings. The molecule has 0 aliphatic rings. The predicted molar refractivity (Wildman–Crippen MR) is 67.7 cm³/mol. The van der Waals surface area contributed by atoms with Crippen LogP contribution in [0.2, 0.25) is 0 Å². The zero-order valence-corrected chi connectivity index (χ0v) is 10.4. The molecule has 0 spiro atoms. The van der Waals surface area contributed by atoms with Crippen molar-refractivity contribution in [1.29, 1.82) is 0 Å². The Balaban J connectivity index is 2.62. The fourth-order valence-electron chi connectivity index (χ4n) is 2.21. The number of hydrogen-bond donors (Lipinski definition) is 1. The number of fused-ring (bicyclic) bond motifs is 1. The highest BCUT2D eigenvalue weighted by atomic mass is 19.1. The molecule has 1 aromatic carbocycles. The van der Waals surface area contributed by atoms with Crippen molar-refractivity contribution >= 4 is 10.9 Å². The quantitative estimate of drug-likeness (QED) is 0.867. The van der Waals surface area contributed by atoms with E-state index in [2.05, 4.69) is 18.4 Å². The Morgan fingerprint density at radius 1 is 1.29 bits per heavy atom. The molecule has 0 bridgehead atoms. The van der Waals surface area contributed by atoms with Gasteiger partial charge < -0.3 is 9.67 Å². The number of benzene rings is 1. The monoisotopic (exact) mass is 235 g/mol. The molecule has 92 valence electrons. The SMILES string of the molecule is CC(O)Cc1cn(C(C)C)c2cc(F)ccc12. The number of rotatable bonds is 3. The van der Waals surface area contributed by atoms with Crippen LogP contribution in [0, 0.1) is 5.82 Å². The first-order valence-corrected chi connectivity index (χ1v) is 5.96. The Labute approximate surface area is 101 Å². The second kappa shape index (κ2) is 4.49. The van der Waals surface area contributed by atoms with Crippen molar-refractivity contribution in [2.75, 3.05) is 0 Å². The molecule has 0 amide bonds. The molecule has 3 heteroatoms. The van der Waals surface area contributed by atoms with Crippen LogP contribution in [-0.4, -0.2) is 15.8 Å². The molecule has 1 aromatic heterocycles. The third-order valence-electron chi connectivity index (χ3n) is 2.95. The van der Waals surface area contributed by atoms with E-state index < -0.39 is 0 Å². The van der Waals surface area contributed by atoms with Gasteiger partial charge in [-0.15, -0.1) is 0 Å². The summed E-state index contributed by atoms with van der Waals surface area (Å²) in [4.78, 5) is 0. The molecule has 0 fully saturated rings. The van der Waals surface area contributed by atoms with Crippen molar-refractivity contribution in [3.8, 4) is 0 Å². The van der Waals surface area contributed by atoms with Crippen LogP contribution in [0.1, 0.15) is 32.4 Å². The van der Waals surface area contributed by atoms with E-state index in [0.717, 1.165) is 16.5 Å². The lowest BCUT2D eigenvalue weighted by molar-refractivity contribution is 0.196. The second-order valence-corrected chi connectivity index (χ2v) is 4.87. The molecule has 0 saturated heterocycles. The van der Waals surface area contributed by atoms with E-state index in [1.807, 2.05) is 6.20 Å². The van der Waals surface area contributed by atoms with Crippen LogP contribution in [0.4, 0.5) is 4.39 Å². The van der Waals surface area contributed by atoms with Gasteiger partial charge in [-0.1, -0.05) is 0 Å². The lowest BCUT2D eigenvalue weighted by Crippen LogP contribution is -2.03. The number of aromatic nitrogens is 1. The summed E-state index contributed by atoms with van der Waals surface area (Å²) in [6, 6.07) is 5.10. The molecule has 17 heavy (non-hydrogen) atoms. The summed E-state index contributed by atoms with van der Waals surface area (Å²) in [6.45, 7) is 5.90. The summed E-state index contributed by atoms with van der Waals surface area (Å²) >= 11 is 0. The van der Waals surface area contributed by atoms with Crippen LogP contribution in [-0.2, 0) is 6.42 Å². The van der Waals surface area contributed by atoms with E-state index in [-0.39, 0.29) is 18.0 Å². The van der Waals surface area contributed by atoms with Gasteiger partial charge in [-0.2, -0.15) is 0 Å². The van der Waals surface area contributed by atoms with Crippen LogP contribution >= 0.6 is 0 Å². The van der Waals surface area contributed by atoms with Crippen LogP contribution in [0.15, 0.2) is 24.4 Å². The Morgan fingerprint density at radius 3 is 2.59 bits per heavy atom. The maximum Gasteiger partial charge on any atom is 0.125 e. The highest BCUT2D eigenvalue weighted by Gasteiger charge is 2.12. The highest BCUT2D eigenvalue weighted by Crippen LogP contribution is 2.26. The Hall–Kier alpha value is -1.35.